The molecule has 0 spiro atoms. The topological polar surface area (TPSA) is 73.2 Å². The zero-order valence-electron chi connectivity index (χ0n) is 14.6. The first-order chi connectivity index (χ1) is 12.6. The number of rotatable bonds is 5. The maximum atomic E-state index is 12.6. The van der Waals surface area contributed by atoms with Gasteiger partial charge < -0.3 is 10.1 Å². The molecule has 1 aromatic heterocycles. The summed E-state index contributed by atoms with van der Waals surface area (Å²) < 4.78 is 6.69. The van der Waals surface area contributed by atoms with Crippen LogP contribution in [-0.2, 0) is 4.74 Å². The van der Waals surface area contributed by atoms with E-state index in [4.69, 9.17) is 4.74 Å². The van der Waals surface area contributed by atoms with Crippen molar-refractivity contribution in [3.8, 4) is 5.69 Å². The zero-order valence-corrected chi connectivity index (χ0v) is 14.6. The van der Waals surface area contributed by atoms with Crippen molar-refractivity contribution < 1.29 is 14.3 Å². The molecule has 26 heavy (non-hydrogen) atoms. The average Bonchev–Trinajstić information content (AvgIpc) is 3.04. The summed E-state index contributed by atoms with van der Waals surface area (Å²) in [5, 5.41) is 7.10. The number of amides is 1. The number of nitrogens with one attached hydrogen (secondary N) is 1. The molecule has 1 N–H and O–H groups in total. The lowest BCUT2D eigenvalue weighted by molar-refractivity contribution is 0.0526. The quantitative estimate of drug-likeness (QED) is 0.714. The maximum absolute atomic E-state index is 12.6. The maximum Gasteiger partial charge on any atom is 0.338 e. The van der Waals surface area contributed by atoms with Gasteiger partial charge in [0.05, 0.1) is 35.3 Å². The smallest absolute Gasteiger partial charge is 0.338 e. The van der Waals surface area contributed by atoms with E-state index >= 15 is 0 Å². The third-order valence-electron chi connectivity index (χ3n) is 3.89. The molecule has 0 aliphatic rings. The van der Waals surface area contributed by atoms with Crippen LogP contribution in [0, 0.1) is 6.92 Å². The van der Waals surface area contributed by atoms with Crippen LogP contribution in [-0.4, -0.2) is 28.3 Å². The number of hydrogen-bond acceptors (Lipinski definition) is 4. The number of benzene rings is 2. The van der Waals surface area contributed by atoms with Gasteiger partial charge in [0.15, 0.2) is 0 Å². The Bertz CT molecular complexity index is 932. The van der Waals surface area contributed by atoms with Gasteiger partial charge in [-0.2, -0.15) is 5.10 Å². The summed E-state index contributed by atoms with van der Waals surface area (Å²) in [5.41, 5.74) is 2.99. The van der Waals surface area contributed by atoms with Crippen LogP contribution in [0.4, 0.5) is 5.69 Å². The van der Waals surface area contributed by atoms with Gasteiger partial charge in [0.2, 0.25) is 0 Å². The summed E-state index contributed by atoms with van der Waals surface area (Å²) >= 11 is 0. The second-order valence-electron chi connectivity index (χ2n) is 5.65. The summed E-state index contributed by atoms with van der Waals surface area (Å²) in [4.78, 5) is 24.4. The van der Waals surface area contributed by atoms with Gasteiger partial charge >= 0.3 is 5.97 Å². The number of nitrogens with zero attached hydrogens (tertiary/aromatic N) is 2. The highest BCUT2D eigenvalue weighted by molar-refractivity contribution is 6.05. The molecule has 0 fully saturated rings. The van der Waals surface area contributed by atoms with Crippen LogP contribution in [0.5, 0.6) is 0 Å². The van der Waals surface area contributed by atoms with Crippen molar-refractivity contribution >= 4 is 17.6 Å². The van der Waals surface area contributed by atoms with Gasteiger partial charge in [0, 0.05) is 5.69 Å². The first-order valence-electron chi connectivity index (χ1n) is 8.28. The Morgan fingerprint density at radius 3 is 2.62 bits per heavy atom. The lowest BCUT2D eigenvalue weighted by atomic mass is 10.2. The summed E-state index contributed by atoms with van der Waals surface area (Å²) in [6, 6.07) is 16.2. The third-order valence-corrected chi connectivity index (χ3v) is 3.89. The molecule has 0 saturated carbocycles. The molecule has 0 atom stereocenters. The normalized spacial score (nSPS) is 10.4. The van der Waals surface area contributed by atoms with Crippen molar-refractivity contribution in [3.05, 3.63) is 77.6 Å². The van der Waals surface area contributed by atoms with Crippen LogP contribution in [0.3, 0.4) is 0 Å². The van der Waals surface area contributed by atoms with E-state index in [1.807, 2.05) is 37.3 Å². The monoisotopic (exact) mass is 349 g/mol. The minimum absolute atomic E-state index is 0.286. The van der Waals surface area contributed by atoms with Gasteiger partial charge in [-0.15, -0.1) is 0 Å². The minimum Gasteiger partial charge on any atom is -0.462 e. The van der Waals surface area contributed by atoms with E-state index in [1.54, 1.807) is 35.9 Å². The Balaban J connectivity index is 1.80. The second-order valence-corrected chi connectivity index (χ2v) is 5.65. The van der Waals surface area contributed by atoms with Crippen molar-refractivity contribution in [3.63, 3.8) is 0 Å². The fraction of sp³-hybridized carbons (Fsp3) is 0.150. The SMILES string of the molecule is CCOC(=O)c1cccc(NC(=O)c2cnn(-c3ccccc3)c2C)c1. The van der Waals surface area contributed by atoms with Crippen LogP contribution >= 0.6 is 0 Å². The van der Waals surface area contributed by atoms with Gasteiger partial charge in [0.1, 0.15) is 0 Å². The van der Waals surface area contributed by atoms with Crippen LogP contribution in [0.15, 0.2) is 60.8 Å². The molecule has 2 aromatic carbocycles. The molecule has 6 nitrogen and oxygen atoms in total. The third kappa shape index (κ3) is 3.64. The van der Waals surface area contributed by atoms with E-state index in [9.17, 15) is 9.59 Å². The molecule has 1 amide bonds. The summed E-state index contributed by atoms with van der Waals surface area (Å²) in [6.07, 6.45) is 1.53. The van der Waals surface area contributed by atoms with E-state index < -0.39 is 5.97 Å². The highest BCUT2D eigenvalue weighted by Gasteiger charge is 2.16. The Morgan fingerprint density at radius 2 is 1.88 bits per heavy atom. The van der Waals surface area contributed by atoms with Crippen molar-refractivity contribution in [2.45, 2.75) is 13.8 Å². The summed E-state index contributed by atoms with van der Waals surface area (Å²) in [6.45, 7) is 3.88. The summed E-state index contributed by atoms with van der Waals surface area (Å²) in [7, 11) is 0. The molecule has 0 aliphatic carbocycles. The largest absolute Gasteiger partial charge is 0.462 e. The highest BCUT2D eigenvalue weighted by Crippen LogP contribution is 2.17. The predicted molar refractivity (Wildman–Crippen MR) is 98.7 cm³/mol. The Morgan fingerprint density at radius 1 is 1.12 bits per heavy atom. The molecular formula is C20H19N3O3. The number of carbonyl (C=O) groups is 2. The number of para-hydroxylation sites is 1. The van der Waals surface area contributed by atoms with E-state index in [0.717, 1.165) is 11.4 Å². The number of hydrogen-bond donors (Lipinski definition) is 1. The molecule has 3 aromatic rings. The van der Waals surface area contributed by atoms with E-state index in [-0.39, 0.29) is 5.91 Å². The number of aromatic nitrogens is 2. The molecule has 132 valence electrons. The lowest BCUT2D eigenvalue weighted by Gasteiger charge is -2.08. The molecule has 6 heteroatoms. The molecule has 3 rings (SSSR count). The zero-order chi connectivity index (χ0) is 18.5. The molecule has 1 heterocycles. The fourth-order valence-electron chi connectivity index (χ4n) is 2.60. The molecular weight excluding hydrogens is 330 g/mol. The first-order valence-corrected chi connectivity index (χ1v) is 8.28. The van der Waals surface area contributed by atoms with E-state index in [0.29, 0.717) is 23.4 Å². The van der Waals surface area contributed by atoms with Crippen LogP contribution < -0.4 is 5.32 Å². The molecule has 0 unspecified atom stereocenters. The van der Waals surface area contributed by atoms with Crippen molar-refractivity contribution in [1.82, 2.24) is 9.78 Å². The predicted octanol–water partition coefficient (Wildman–Crippen LogP) is 3.61. The number of ether oxygens (including phenoxy) is 1. The summed E-state index contributed by atoms with van der Waals surface area (Å²) in [5.74, 6) is -0.706. The van der Waals surface area contributed by atoms with Crippen LogP contribution in [0.1, 0.15) is 33.3 Å². The number of carbonyl (C=O) groups excluding carboxylic acids is 2. The van der Waals surface area contributed by atoms with Crippen molar-refractivity contribution in [1.29, 1.82) is 0 Å². The fourth-order valence-corrected chi connectivity index (χ4v) is 2.60. The van der Waals surface area contributed by atoms with Crippen molar-refractivity contribution in [2.75, 3.05) is 11.9 Å². The Hall–Kier alpha value is -3.41. The average molecular weight is 349 g/mol. The molecule has 0 saturated heterocycles. The van der Waals surface area contributed by atoms with Gasteiger partial charge in [-0.3, -0.25) is 4.79 Å². The van der Waals surface area contributed by atoms with E-state index in [2.05, 4.69) is 10.4 Å². The highest BCUT2D eigenvalue weighted by atomic mass is 16.5. The van der Waals surface area contributed by atoms with Gasteiger partial charge in [0.25, 0.3) is 5.91 Å². The van der Waals surface area contributed by atoms with Crippen LogP contribution in [0.2, 0.25) is 0 Å². The minimum atomic E-state index is -0.420. The Labute approximate surface area is 151 Å². The van der Waals surface area contributed by atoms with Crippen molar-refractivity contribution in [2.24, 2.45) is 0 Å². The standard InChI is InChI=1S/C20H19N3O3/c1-3-26-20(25)15-8-7-9-16(12-15)22-19(24)18-13-21-23(14(18)2)17-10-5-4-6-11-17/h4-13H,3H2,1-2H3,(H,22,24). The lowest BCUT2D eigenvalue weighted by Crippen LogP contribution is -2.14. The first kappa shape index (κ1) is 17.4. The number of esters is 1. The van der Waals surface area contributed by atoms with Gasteiger partial charge in [-0.25, -0.2) is 9.48 Å². The van der Waals surface area contributed by atoms with Crippen LogP contribution in [0.25, 0.3) is 5.69 Å². The molecule has 0 bridgehead atoms. The van der Waals surface area contributed by atoms with Gasteiger partial charge in [-0.05, 0) is 44.2 Å². The molecule has 0 radical (unpaired) electrons. The Kier molecular flexibility index (Phi) is 5.12. The van der Waals surface area contributed by atoms with E-state index in [1.165, 1.54) is 6.20 Å². The molecule has 0 aliphatic heterocycles. The number of anilines is 1. The second kappa shape index (κ2) is 7.65. The van der Waals surface area contributed by atoms with Gasteiger partial charge in [-0.1, -0.05) is 24.3 Å².